The van der Waals surface area contributed by atoms with Crippen molar-refractivity contribution in [1.29, 1.82) is 0 Å². The lowest BCUT2D eigenvalue weighted by Crippen LogP contribution is -2.49. The van der Waals surface area contributed by atoms with Crippen LogP contribution in [0.15, 0.2) is 42.5 Å². The number of hydrogen-bond acceptors (Lipinski definition) is 3. The summed E-state index contributed by atoms with van der Waals surface area (Å²) in [5.41, 5.74) is 4.27. The minimum atomic E-state index is 0.125. The van der Waals surface area contributed by atoms with Crippen molar-refractivity contribution in [1.82, 2.24) is 4.90 Å². The monoisotopic (exact) mass is 352 g/mol. The van der Waals surface area contributed by atoms with E-state index in [0.717, 1.165) is 48.7 Å². The molecule has 0 unspecified atom stereocenters. The number of nitrogens with zero attached hydrogens (tertiary/aromatic N) is 2. The number of ether oxygens (including phenoxy) is 1. The first-order valence-electron chi connectivity index (χ1n) is 9.33. The minimum Gasteiger partial charge on any atom is -0.489 e. The molecular formula is C22H28N2O2. The molecule has 0 spiro atoms. The zero-order valence-electron chi connectivity index (χ0n) is 16.2. The predicted octanol–water partition coefficient (Wildman–Crippen LogP) is 4.05. The second-order valence-corrected chi connectivity index (χ2v) is 7.21. The van der Waals surface area contributed by atoms with Crippen LogP contribution in [0.3, 0.4) is 0 Å². The molecule has 0 atom stereocenters. The third-order valence-electron chi connectivity index (χ3n) is 4.89. The molecule has 2 aromatic carbocycles. The number of benzene rings is 2. The molecule has 4 nitrogen and oxygen atoms in total. The number of carbonyl (C=O) groups is 1. The fourth-order valence-electron chi connectivity index (χ4n) is 3.28. The van der Waals surface area contributed by atoms with Crippen LogP contribution < -0.4 is 9.64 Å². The molecule has 0 bridgehead atoms. The Morgan fingerprint density at radius 2 is 1.65 bits per heavy atom. The molecule has 0 aliphatic carbocycles. The number of rotatable bonds is 4. The summed E-state index contributed by atoms with van der Waals surface area (Å²) in [7, 11) is 0. The molecular weight excluding hydrogens is 324 g/mol. The van der Waals surface area contributed by atoms with Crippen LogP contribution in [0.5, 0.6) is 5.75 Å². The maximum atomic E-state index is 12.8. The Bertz CT molecular complexity index is 777. The molecule has 4 heteroatoms. The van der Waals surface area contributed by atoms with Crippen LogP contribution in [0.25, 0.3) is 0 Å². The van der Waals surface area contributed by atoms with Gasteiger partial charge in [-0.1, -0.05) is 18.2 Å². The normalized spacial score (nSPS) is 14.7. The van der Waals surface area contributed by atoms with E-state index >= 15 is 0 Å². The maximum Gasteiger partial charge on any atom is 0.253 e. The number of anilines is 1. The van der Waals surface area contributed by atoms with Gasteiger partial charge in [-0.2, -0.15) is 0 Å². The van der Waals surface area contributed by atoms with Crippen molar-refractivity contribution in [3.63, 3.8) is 0 Å². The highest BCUT2D eigenvalue weighted by Crippen LogP contribution is 2.29. The average molecular weight is 352 g/mol. The lowest BCUT2D eigenvalue weighted by Gasteiger charge is -2.37. The summed E-state index contributed by atoms with van der Waals surface area (Å²) in [4.78, 5) is 17.1. The van der Waals surface area contributed by atoms with Gasteiger partial charge in [-0.15, -0.1) is 0 Å². The van der Waals surface area contributed by atoms with E-state index in [-0.39, 0.29) is 12.0 Å². The Labute approximate surface area is 156 Å². The van der Waals surface area contributed by atoms with Gasteiger partial charge in [0.25, 0.3) is 5.91 Å². The van der Waals surface area contributed by atoms with Crippen LogP contribution in [-0.4, -0.2) is 43.1 Å². The number of piperazine rings is 1. The third kappa shape index (κ3) is 4.01. The quantitative estimate of drug-likeness (QED) is 0.832. The summed E-state index contributed by atoms with van der Waals surface area (Å²) >= 11 is 0. The van der Waals surface area contributed by atoms with Gasteiger partial charge in [0.05, 0.1) is 11.8 Å². The van der Waals surface area contributed by atoms with Crippen molar-refractivity contribution < 1.29 is 9.53 Å². The van der Waals surface area contributed by atoms with E-state index in [9.17, 15) is 4.79 Å². The number of hydrogen-bond donors (Lipinski definition) is 0. The summed E-state index contributed by atoms with van der Waals surface area (Å²) in [6.07, 6.45) is 0.142. The zero-order valence-corrected chi connectivity index (χ0v) is 16.2. The number of carbonyl (C=O) groups excluding carboxylic acids is 1. The van der Waals surface area contributed by atoms with Crippen molar-refractivity contribution in [2.24, 2.45) is 0 Å². The van der Waals surface area contributed by atoms with E-state index in [4.69, 9.17) is 4.74 Å². The molecule has 0 radical (unpaired) electrons. The summed E-state index contributed by atoms with van der Waals surface area (Å²) in [6, 6.07) is 14.1. The first kappa shape index (κ1) is 18.3. The number of amides is 1. The van der Waals surface area contributed by atoms with Crippen molar-refractivity contribution in [3.8, 4) is 5.75 Å². The lowest BCUT2D eigenvalue weighted by molar-refractivity contribution is 0.0746. The predicted molar refractivity (Wildman–Crippen MR) is 106 cm³/mol. The highest BCUT2D eigenvalue weighted by molar-refractivity contribution is 5.94. The first-order chi connectivity index (χ1) is 12.5. The van der Waals surface area contributed by atoms with Crippen LogP contribution in [0.1, 0.15) is 35.3 Å². The maximum absolute atomic E-state index is 12.8. The van der Waals surface area contributed by atoms with E-state index < -0.39 is 0 Å². The minimum absolute atomic E-state index is 0.125. The van der Waals surface area contributed by atoms with Crippen molar-refractivity contribution in [2.75, 3.05) is 31.1 Å². The summed E-state index contributed by atoms with van der Waals surface area (Å²) < 4.78 is 5.94. The van der Waals surface area contributed by atoms with Crippen LogP contribution in [-0.2, 0) is 0 Å². The smallest absolute Gasteiger partial charge is 0.253 e. The molecule has 0 N–H and O–H groups in total. The molecule has 138 valence electrons. The molecule has 1 aliphatic rings. The topological polar surface area (TPSA) is 32.8 Å². The molecule has 1 fully saturated rings. The fourth-order valence-corrected chi connectivity index (χ4v) is 3.28. The van der Waals surface area contributed by atoms with E-state index in [2.05, 4.69) is 24.8 Å². The van der Waals surface area contributed by atoms with E-state index in [1.54, 1.807) is 0 Å². The van der Waals surface area contributed by atoms with Gasteiger partial charge in [-0.05, 0) is 63.1 Å². The van der Waals surface area contributed by atoms with Crippen molar-refractivity contribution >= 4 is 11.6 Å². The van der Waals surface area contributed by atoms with Crippen molar-refractivity contribution in [2.45, 2.75) is 33.8 Å². The molecule has 1 aliphatic heterocycles. The molecule has 1 saturated heterocycles. The van der Waals surface area contributed by atoms with Gasteiger partial charge in [0.1, 0.15) is 5.75 Å². The zero-order chi connectivity index (χ0) is 18.7. The van der Waals surface area contributed by atoms with Gasteiger partial charge >= 0.3 is 0 Å². The highest BCUT2D eigenvalue weighted by atomic mass is 16.5. The van der Waals surface area contributed by atoms with E-state index in [0.29, 0.717) is 0 Å². The largest absolute Gasteiger partial charge is 0.489 e. The first-order valence-corrected chi connectivity index (χ1v) is 9.33. The van der Waals surface area contributed by atoms with Crippen molar-refractivity contribution in [3.05, 3.63) is 59.2 Å². The molecule has 26 heavy (non-hydrogen) atoms. The van der Waals surface area contributed by atoms with Gasteiger partial charge in [-0.25, -0.2) is 0 Å². The van der Waals surface area contributed by atoms with Gasteiger partial charge in [0, 0.05) is 31.7 Å². The number of aryl methyl sites for hydroxylation is 2. The Balaban J connectivity index is 1.68. The SMILES string of the molecule is Cc1ccc(C(=O)N2CCN(c3ccccc3OC(C)C)CC2)cc1C. The molecule has 2 aromatic rings. The standard InChI is InChI=1S/C22H28N2O2/c1-16(2)26-21-8-6-5-7-20(21)23-11-13-24(14-12-23)22(25)19-10-9-17(3)18(4)15-19/h5-10,15-16H,11-14H2,1-4H3. The van der Waals surface area contributed by atoms with Gasteiger partial charge in [-0.3, -0.25) is 4.79 Å². The van der Waals surface area contributed by atoms with Gasteiger partial charge in [0.2, 0.25) is 0 Å². The van der Waals surface area contributed by atoms with Gasteiger partial charge in [0.15, 0.2) is 0 Å². The van der Waals surface area contributed by atoms with Crippen LogP contribution in [0.2, 0.25) is 0 Å². The Morgan fingerprint density at radius 3 is 2.31 bits per heavy atom. The highest BCUT2D eigenvalue weighted by Gasteiger charge is 2.24. The molecule has 3 rings (SSSR count). The lowest BCUT2D eigenvalue weighted by atomic mass is 10.1. The molecule has 1 amide bonds. The second kappa shape index (κ2) is 7.81. The Hall–Kier alpha value is -2.49. The third-order valence-corrected chi connectivity index (χ3v) is 4.89. The van der Waals surface area contributed by atoms with Crippen LogP contribution in [0.4, 0.5) is 5.69 Å². The fraction of sp³-hybridized carbons (Fsp3) is 0.409. The molecule has 0 aromatic heterocycles. The average Bonchev–Trinajstić information content (AvgIpc) is 2.63. The second-order valence-electron chi connectivity index (χ2n) is 7.21. The number of para-hydroxylation sites is 2. The van der Waals surface area contributed by atoms with Gasteiger partial charge < -0.3 is 14.5 Å². The Kier molecular flexibility index (Phi) is 5.50. The summed E-state index contributed by atoms with van der Waals surface area (Å²) in [5.74, 6) is 1.04. The van der Waals surface area contributed by atoms with Crippen LogP contribution >= 0.6 is 0 Å². The molecule has 0 saturated carbocycles. The molecule has 1 heterocycles. The summed E-state index contributed by atoms with van der Waals surface area (Å²) in [6.45, 7) is 11.3. The van der Waals surface area contributed by atoms with E-state index in [1.165, 1.54) is 5.56 Å². The summed E-state index contributed by atoms with van der Waals surface area (Å²) in [5, 5.41) is 0. The van der Waals surface area contributed by atoms with E-state index in [1.807, 2.05) is 55.1 Å². The Morgan fingerprint density at radius 1 is 0.962 bits per heavy atom. The van der Waals surface area contributed by atoms with Crippen LogP contribution in [0, 0.1) is 13.8 Å².